The minimum absolute atomic E-state index is 0. The molecule has 1 fully saturated rings. The zero-order valence-electron chi connectivity index (χ0n) is 9.77. The van der Waals surface area contributed by atoms with E-state index in [0.29, 0.717) is 0 Å². The smallest absolute Gasteiger partial charge is 0.0110 e. The molecule has 0 spiro atoms. The number of hydrogen-bond donors (Lipinski definition) is 1. The molecule has 0 saturated carbocycles. The first-order chi connectivity index (χ1) is 6.34. The van der Waals surface area contributed by atoms with Crippen LogP contribution in [-0.2, 0) is 0 Å². The summed E-state index contributed by atoms with van der Waals surface area (Å²) in [4.78, 5) is 2.58. The van der Waals surface area contributed by atoms with Gasteiger partial charge in [-0.3, -0.25) is 4.90 Å². The van der Waals surface area contributed by atoms with Gasteiger partial charge < -0.3 is 5.32 Å². The molecule has 0 amide bonds. The molecule has 1 atom stereocenters. The Morgan fingerprint density at radius 3 is 2.62 bits per heavy atom. The fourth-order valence-corrected chi connectivity index (χ4v) is 1.75. The van der Waals surface area contributed by atoms with Crippen LogP contribution in [0.15, 0.2) is 0 Å². The first-order valence-electron chi connectivity index (χ1n) is 5.73. The summed E-state index contributed by atoms with van der Waals surface area (Å²) in [7, 11) is 2.02. The van der Waals surface area contributed by atoms with Crippen molar-refractivity contribution in [1.29, 1.82) is 0 Å². The molecule has 1 unspecified atom stereocenters. The van der Waals surface area contributed by atoms with Crippen molar-refractivity contribution in [2.75, 3.05) is 26.7 Å². The molecule has 2 nitrogen and oxygen atoms in total. The Labute approximate surface area is 85.2 Å². The number of rotatable bonds is 3. The van der Waals surface area contributed by atoms with E-state index in [9.17, 15) is 0 Å². The molecular formula is C11H28N2. The quantitative estimate of drug-likeness (QED) is 0.731. The van der Waals surface area contributed by atoms with Gasteiger partial charge in [-0.1, -0.05) is 20.3 Å². The van der Waals surface area contributed by atoms with Crippen molar-refractivity contribution in [3.8, 4) is 0 Å². The van der Waals surface area contributed by atoms with E-state index in [1.807, 2.05) is 20.9 Å². The highest BCUT2D eigenvalue weighted by molar-refractivity contribution is 4.72. The van der Waals surface area contributed by atoms with Gasteiger partial charge in [0.1, 0.15) is 0 Å². The zero-order valence-corrected chi connectivity index (χ0v) is 9.77. The van der Waals surface area contributed by atoms with E-state index in [1.165, 1.54) is 32.4 Å². The van der Waals surface area contributed by atoms with Crippen LogP contribution in [0.2, 0.25) is 0 Å². The SMILES string of the molecule is CC.CNCCN1CCCCC1C.[HH]. The zero-order chi connectivity index (χ0) is 10.1. The van der Waals surface area contributed by atoms with Crippen molar-refractivity contribution in [2.24, 2.45) is 0 Å². The fraction of sp³-hybridized carbons (Fsp3) is 1.00. The minimum Gasteiger partial charge on any atom is -0.318 e. The van der Waals surface area contributed by atoms with Crippen LogP contribution in [0.5, 0.6) is 0 Å². The Morgan fingerprint density at radius 1 is 1.38 bits per heavy atom. The summed E-state index contributed by atoms with van der Waals surface area (Å²) >= 11 is 0. The van der Waals surface area contributed by atoms with Gasteiger partial charge in [0, 0.05) is 20.6 Å². The molecule has 1 saturated heterocycles. The molecule has 1 heterocycles. The Balaban J connectivity index is 0. The van der Waals surface area contributed by atoms with Gasteiger partial charge in [-0.15, -0.1) is 0 Å². The Hall–Kier alpha value is -0.0800. The van der Waals surface area contributed by atoms with Crippen LogP contribution in [0.3, 0.4) is 0 Å². The van der Waals surface area contributed by atoms with E-state index in [1.54, 1.807) is 0 Å². The third kappa shape index (κ3) is 5.27. The highest BCUT2D eigenvalue weighted by Gasteiger charge is 2.16. The predicted octanol–water partition coefficient (Wildman–Crippen LogP) is 2.35. The molecule has 0 aromatic carbocycles. The predicted molar refractivity (Wildman–Crippen MR) is 62.3 cm³/mol. The summed E-state index contributed by atoms with van der Waals surface area (Å²) in [6.07, 6.45) is 4.22. The van der Waals surface area contributed by atoms with Gasteiger partial charge in [-0.05, 0) is 33.4 Å². The second-order valence-corrected chi connectivity index (χ2v) is 3.48. The van der Waals surface area contributed by atoms with Crippen molar-refractivity contribution >= 4 is 0 Å². The molecular weight excluding hydrogens is 160 g/mol. The summed E-state index contributed by atoms with van der Waals surface area (Å²) in [5.74, 6) is 0. The van der Waals surface area contributed by atoms with Gasteiger partial charge in [0.2, 0.25) is 0 Å². The minimum atomic E-state index is 0. The molecule has 0 radical (unpaired) electrons. The molecule has 13 heavy (non-hydrogen) atoms. The summed E-state index contributed by atoms with van der Waals surface area (Å²) in [5.41, 5.74) is 0. The first kappa shape index (κ1) is 12.9. The van der Waals surface area contributed by atoms with E-state index >= 15 is 0 Å². The van der Waals surface area contributed by atoms with E-state index in [-0.39, 0.29) is 1.43 Å². The van der Waals surface area contributed by atoms with Gasteiger partial charge in [-0.25, -0.2) is 0 Å². The van der Waals surface area contributed by atoms with Crippen LogP contribution in [0.1, 0.15) is 41.5 Å². The second kappa shape index (κ2) is 8.52. The number of piperidine rings is 1. The largest absolute Gasteiger partial charge is 0.318 e. The normalized spacial score (nSPS) is 23.5. The molecule has 82 valence electrons. The summed E-state index contributed by atoms with van der Waals surface area (Å²) in [5, 5.41) is 3.19. The summed E-state index contributed by atoms with van der Waals surface area (Å²) in [6, 6.07) is 0.817. The maximum Gasteiger partial charge on any atom is 0.0110 e. The van der Waals surface area contributed by atoms with Gasteiger partial charge in [0.15, 0.2) is 0 Å². The van der Waals surface area contributed by atoms with Crippen molar-refractivity contribution < 1.29 is 1.43 Å². The van der Waals surface area contributed by atoms with E-state index in [2.05, 4.69) is 17.1 Å². The first-order valence-corrected chi connectivity index (χ1v) is 5.73. The van der Waals surface area contributed by atoms with E-state index in [4.69, 9.17) is 0 Å². The molecule has 0 aliphatic carbocycles. The van der Waals surface area contributed by atoms with Crippen LogP contribution < -0.4 is 5.32 Å². The highest BCUT2D eigenvalue weighted by Crippen LogP contribution is 2.14. The maximum absolute atomic E-state index is 3.19. The number of nitrogens with zero attached hydrogens (tertiary/aromatic N) is 1. The van der Waals surface area contributed by atoms with Crippen LogP contribution in [0.25, 0.3) is 0 Å². The molecule has 0 bridgehead atoms. The van der Waals surface area contributed by atoms with Crippen LogP contribution >= 0.6 is 0 Å². The van der Waals surface area contributed by atoms with Crippen molar-refractivity contribution in [3.63, 3.8) is 0 Å². The Morgan fingerprint density at radius 2 is 2.08 bits per heavy atom. The molecule has 0 aromatic rings. The lowest BCUT2D eigenvalue weighted by Crippen LogP contribution is -2.40. The van der Waals surface area contributed by atoms with E-state index < -0.39 is 0 Å². The number of nitrogens with one attached hydrogen (secondary N) is 1. The Bertz CT molecular complexity index is 109. The number of likely N-dealkylation sites (tertiary alicyclic amines) is 1. The van der Waals surface area contributed by atoms with Crippen molar-refractivity contribution in [1.82, 2.24) is 10.2 Å². The third-order valence-corrected chi connectivity index (χ3v) is 2.59. The molecule has 1 aliphatic heterocycles. The fourth-order valence-electron chi connectivity index (χ4n) is 1.75. The standard InChI is InChI=1S/C9H20N2.C2H6.H2/c1-9-5-3-4-7-11(9)8-6-10-2;1-2;/h9-10H,3-8H2,1-2H3;1-2H3;1H. The third-order valence-electron chi connectivity index (χ3n) is 2.59. The van der Waals surface area contributed by atoms with E-state index in [0.717, 1.165) is 12.6 Å². The second-order valence-electron chi connectivity index (χ2n) is 3.48. The monoisotopic (exact) mass is 188 g/mol. The molecule has 0 aromatic heterocycles. The van der Waals surface area contributed by atoms with Crippen LogP contribution in [0, 0.1) is 0 Å². The van der Waals surface area contributed by atoms with Gasteiger partial charge >= 0.3 is 0 Å². The van der Waals surface area contributed by atoms with Crippen LogP contribution in [0.4, 0.5) is 0 Å². The molecule has 1 rings (SSSR count). The topological polar surface area (TPSA) is 15.3 Å². The van der Waals surface area contributed by atoms with Crippen LogP contribution in [-0.4, -0.2) is 37.6 Å². The van der Waals surface area contributed by atoms with Gasteiger partial charge in [-0.2, -0.15) is 0 Å². The van der Waals surface area contributed by atoms with Gasteiger partial charge in [0.05, 0.1) is 0 Å². The lowest BCUT2D eigenvalue weighted by molar-refractivity contribution is 0.162. The lowest BCUT2D eigenvalue weighted by Gasteiger charge is -2.33. The summed E-state index contributed by atoms with van der Waals surface area (Å²) in [6.45, 7) is 10.00. The average Bonchev–Trinajstić information content (AvgIpc) is 2.20. The molecule has 1 N–H and O–H groups in total. The average molecular weight is 188 g/mol. The molecule has 1 aliphatic rings. The maximum atomic E-state index is 3.19. The number of hydrogen-bond acceptors (Lipinski definition) is 2. The van der Waals surface area contributed by atoms with Gasteiger partial charge in [0.25, 0.3) is 0 Å². The lowest BCUT2D eigenvalue weighted by atomic mass is 10.0. The van der Waals surface area contributed by atoms with Crippen molar-refractivity contribution in [2.45, 2.75) is 46.1 Å². The van der Waals surface area contributed by atoms with Crippen molar-refractivity contribution in [3.05, 3.63) is 0 Å². The number of likely N-dealkylation sites (N-methyl/N-ethyl adjacent to an activating group) is 1. The molecule has 2 heteroatoms. The highest BCUT2D eigenvalue weighted by atomic mass is 15.2. The summed E-state index contributed by atoms with van der Waals surface area (Å²) < 4.78 is 0. The Kier molecular flexibility index (Phi) is 8.46.